The minimum Gasteiger partial charge on any atom is -0.508 e. The molecule has 0 unspecified atom stereocenters. The van der Waals surface area contributed by atoms with Gasteiger partial charge in [0.25, 0.3) is 0 Å². The highest BCUT2D eigenvalue weighted by Crippen LogP contribution is 2.41. The van der Waals surface area contributed by atoms with Crippen molar-refractivity contribution < 1.29 is 9.84 Å². The fourth-order valence-corrected chi connectivity index (χ4v) is 13.7. The zero-order chi connectivity index (χ0) is 61.9. The third-order valence-electron chi connectivity index (χ3n) is 17.7. The number of aromatic nitrogens is 8. The molecule has 0 saturated heterocycles. The fraction of sp³-hybridized carbons (Fsp3) is 0.122. The Balaban J connectivity index is 0.000000132. The van der Waals surface area contributed by atoms with Gasteiger partial charge in [0.2, 0.25) is 0 Å². The summed E-state index contributed by atoms with van der Waals surface area (Å²) < 4.78 is 16.8. The molecule has 18 rings (SSSR count). The summed E-state index contributed by atoms with van der Waals surface area (Å²) >= 11 is 3.61. The van der Waals surface area contributed by atoms with Gasteiger partial charge < -0.3 is 18.6 Å². The molecule has 18 aromatic rings. The van der Waals surface area contributed by atoms with E-state index in [1.54, 1.807) is 18.3 Å². The summed E-state index contributed by atoms with van der Waals surface area (Å²) in [6, 6.07) is 79.8. The average Bonchev–Trinajstić information content (AvgIpc) is 1.69. The maximum atomic E-state index is 9.87. The lowest BCUT2D eigenvalue weighted by Gasteiger charge is -2.20. The second-order valence-corrected chi connectivity index (χ2v) is 26.4. The van der Waals surface area contributed by atoms with Crippen LogP contribution in [0.15, 0.2) is 260 Å². The van der Waals surface area contributed by atoms with Crippen LogP contribution in [0.1, 0.15) is 67.5 Å². The van der Waals surface area contributed by atoms with Crippen LogP contribution in [0.5, 0.6) is 17.2 Å². The maximum Gasteiger partial charge on any atom is 0.137 e. The van der Waals surface area contributed by atoms with E-state index in [1.165, 1.54) is 65.5 Å². The lowest BCUT2D eigenvalue weighted by atomic mass is 9.86. The number of pyridine rings is 6. The molecule has 456 valence electrons. The largest absolute Gasteiger partial charge is 0.508 e. The Morgan fingerprint density at radius 3 is 1.42 bits per heavy atom. The standard InChI is InChI=1S/C40H30N4O.C21H19BrN2.C19H12N2O.2CH4/c1-40(2,3)26-13-16-29-30-17-15-28(24-37(30)44(36(29)22-26)38-12-6-7-19-41-38)45-27-14-18-31-32(23-27)39-34(11-8-20-42-39)43-33-10-5-4-9-25(33)21-35(31)43;1-21(2,3)14-10-11-23-20(12-14)24-18-7-5-4-6-16(18)17-9-8-15(22)13-19(17)24;22-13-7-8-14-15(11-13)19-17(6-3-9-20-19)21-16-5-2-1-4-12(16)10-18(14)21;;/h4-24H,1-3H3;4-13H,1-3H3;1-11,22H;2*1H4. The summed E-state index contributed by atoms with van der Waals surface area (Å²) in [4.78, 5) is 18.8. The van der Waals surface area contributed by atoms with Crippen LogP contribution < -0.4 is 4.74 Å². The van der Waals surface area contributed by atoms with Crippen molar-refractivity contribution in [1.29, 1.82) is 0 Å². The summed E-state index contributed by atoms with van der Waals surface area (Å²) in [5.74, 6) is 3.65. The van der Waals surface area contributed by atoms with Crippen molar-refractivity contribution in [2.75, 3.05) is 0 Å². The van der Waals surface area contributed by atoms with Gasteiger partial charge in [0.15, 0.2) is 0 Å². The van der Waals surface area contributed by atoms with Gasteiger partial charge in [0, 0.05) is 89.2 Å². The second-order valence-electron chi connectivity index (χ2n) is 25.5. The Bertz CT molecular complexity index is 5950. The van der Waals surface area contributed by atoms with E-state index in [0.29, 0.717) is 0 Å². The van der Waals surface area contributed by atoms with E-state index in [1.807, 2.05) is 48.9 Å². The van der Waals surface area contributed by atoms with Crippen molar-refractivity contribution in [3.05, 3.63) is 271 Å². The highest BCUT2D eigenvalue weighted by atomic mass is 79.9. The number of fused-ring (bicyclic) bond motifs is 22. The van der Waals surface area contributed by atoms with E-state index >= 15 is 0 Å². The molecular weight excluding hydrogens is 1210 g/mol. The van der Waals surface area contributed by atoms with Crippen molar-refractivity contribution >= 4 is 136 Å². The molecule has 0 aliphatic rings. The minimum atomic E-state index is 0. The monoisotopic (exact) mass is 1280 g/mol. The van der Waals surface area contributed by atoms with Crippen LogP contribution >= 0.6 is 15.9 Å². The number of para-hydroxylation sites is 3. The molecule has 0 amide bonds. The van der Waals surface area contributed by atoms with Crippen LogP contribution in [0.2, 0.25) is 0 Å². The number of rotatable bonds is 4. The van der Waals surface area contributed by atoms with E-state index in [2.05, 4.69) is 273 Å². The quantitative estimate of drug-likeness (QED) is 0.176. The Kier molecular flexibility index (Phi) is 14.8. The lowest BCUT2D eigenvalue weighted by Crippen LogP contribution is -2.12. The fourth-order valence-electron chi connectivity index (χ4n) is 13.3. The SMILES string of the molecule is C.C.CC(C)(C)c1ccc2c3ccc(Oc4ccc5c(c4)c4ncccc4n4c6ccccc6cc54)cc3n(-c3ccccn3)c2c1.CC(C)(C)c1ccnc(-n2c3ccccc3c3ccc(Br)cc32)c1.Oc1ccc2c(c1)c1ncccc1n1c3ccccc3cc21. The number of phenolic OH excluding ortho intramolecular Hbond substituents is 1. The van der Waals surface area contributed by atoms with Crippen LogP contribution in [0.3, 0.4) is 0 Å². The molecule has 0 spiro atoms. The molecule has 0 atom stereocenters. The second kappa shape index (κ2) is 23.1. The minimum absolute atomic E-state index is 0. The molecule has 11 heteroatoms. The first-order chi connectivity index (χ1) is 44.2. The Morgan fingerprint density at radius 1 is 0.333 bits per heavy atom. The number of ether oxygens (including phenoxy) is 1. The van der Waals surface area contributed by atoms with Crippen LogP contribution in [-0.4, -0.2) is 43.0 Å². The Labute approximate surface area is 547 Å². The Morgan fingerprint density at radius 2 is 0.796 bits per heavy atom. The van der Waals surface area contributed by atoms with Gasteiger partial charge in [0.1, 0.15) is 28.9 Å². The summed E-state index contributed by atoms with van der Waals surface area (Å²) in [6.07, 6.45) is 7.42. The van der Waals surface area contributed by atoms with Crippen molar-refractivity contribution in [1.82, 2.24) is 37.9 Å². The lowest BCUT2D eigenvalue weighted by molar-refractivity contribution is 0.476. The van der Waals surface area contributed by atoms with Crippen LogP contribution in [0, 0.1) is 0 Å². The van der Waals surface area contributed by atoms with Gasteiger partial charge in [0.05, 0.1) is 66.2 Å². The average molecular weight is 1280 g/mol. The van der Waals surface area contributed by atoms with Gasteiger partial charge in [-0.25, -0.2) is 9.97 Å². The topological polar surface area (TPSA) is 99.7 Å². The third kappa shape index (κ3) is 10.2. The molecule has 0 radical (unpaired) electrons. The molecular formula is C82H69BrN8O2. The zero-order valence-electron chi connectivity index (χ0n) is 51.1. The van der Waals surface area contributed by atoms with E-state index in [4.69, 9.17) is 14.7 Å². The van der Waals surface area contributed by atoms with Gasteiger partial charge in [-0.15, -0.1) is 0 Å². The summed E-state index contributed by atoms with van der Waals surface area (Å²) in [5, 5.41) is 21.4. The summed E-state index contributed by atoms with van der Waals surface area (Å²) in [5.41, 5.74) is 15.9. The van der Waals surface area contributed by atoms with Crippen LogP contribution in [0.25, 0.3) is 132 Å². The van der Waals surface area contributed by atoms with Crippen molar-refractivity contribution in [2.24, 2.45) is 0 Å². The molecule has 93 heavy (non-hydrogen) atoms. The van der Waals surface area contributed by atoms with Gasteiger partial charge >= 0.3 is 0 Å². The molecule has 10 heterocycles. The molecule has 0 fully saturated rings. The predicted octanol–water partition coefficient (Wildman–Crippen LogP) is 22.4. The molecule has 8 aromatic carbocycles. The van der Waals surface area contributed by atoms with E-state index < -0.39 is 0 Å². The van der Waals surface area contributed by atoms with Crippen molar-refractivity contribution in [2.45, 2.75) is 67.2 Å². The molecule has 10 aromatic heterocycles. The van der Waals surface area contributed by atoms with Crippen molar-refractivity contribution in [3.63, 3.8) is 0 Å². The van der Waals surface area contributed by atoms with Gasteiger partial charge in [-0.3, -0.25) is 19.1 Å². The number of hydrogen-bond donors (Lipinski definition) is 1. The molecule has 0 aliphatic heterocycles. The molecule has 0 aliphatic carbocycles. The Hall–Kier alpha value is -10.9. The highest BCUT2D eigenvalue weighted by Gasteiger charge is 2.22. The first-order valence-electron chi connectivity index (χ1n) is 30.7. The van der Waals surface area contributed by atoms with Crippen molar-refractivity contribution in [3.8, 4) is 28.9 Å². The normalized spacial score (nSPS) is 11.9. The number of halogens is 1. The van der Waals surface area contributed by atoms with Gasteiger partial charge in [-0.05, 0) is 168 Å². The molecule has 1 N–H and O–H groups in total. The van der Waals surface area contributed by atoms with E-state index in [-0.39, 0.29) is 31.4 Å². The summed E-state index contributed by atoms with van der Waals surface area (Å²) in [6.45, 7) is 13.4. The zero-order valence-corrected chi connectivity index (χ0v) is 52.6. The molecule has 0 bridgehead atoms. The first kappa shape index (κ1) is 59.7. The number of hydrogen-bond acceptors (Lipinski definition) is 6. The number of nitrogens with zero attached hydrogens (tertiary/aromatic N) is 8. The molecule has 10 nitrogen and oxygen atoms in total. The first-order valence-corrected chi connectivity index (χ1v) is 31.4. The number of phenols is 1. The van der Waals surface area contributed by atoms with Crippen LogP contribution in [0.4, 0.5) is 0 Å². The number of aromatic hydroxyl groups is 1. The van der Waals surface area contributed by atoms with Gasteiger partial charge in [-0.1, -0.05) is 151 Å². The summed E-state index contributed by atoms with van der Waals surface area (Å²) in [7, 11) is 0. The maximum absolute atomic E-state index is 9.87. The van der Waals surface area contributed by atoms with E-state index in [9.17, 15) is 5.11 Å². The number of benzene rings is 8. The molecule has 0 saturated carbocycles. The smallest absolute Gasteiger partial charge is 0.137 e. The predicted molar refractivity (Wildman–Crippen MR) is 393 cm³/mol. The van der Waals surface area contributed by atoms with Crippen LogP contribution in [-0.2, 0) is 10.8 Å². The van der Waals surface area contributed by atoms with E-state index in [0.717, 1.165) is 93.3 Å². The highest BCUT2D eigenvalue weighted by molar-refractivity contribution is 9.10. The van der Waals surface area contributed by atoms with Gasteiger partial charge in [-0.2, -0.15) is 0 Å². The third-order valence-corrected chi connectivity index (χ3v) is 18.2.